The van der Waals surface area contributed by atoms with Gasteiger partial charge >= 0.3 is 6.18 Å². The van der Waals surface area contributed by atoms with Crippen LogP contribution in [0, 0.1) is 0 Å². The molecule has 0 amide bonds. The Morgan fingerprint density at radius 1 is 1.23 bits per heavy atom. The van der Waals surface area contributed by atoms with Gasteiger partial charge in [-0.1, -0.05) is 42.8 Å². The van der Waals surface area contributed by atoms with Gasteiger partial charge in [-0.05, 0) is 31.4 Å². The summed E-state index contributed by atoms with van der Waals surface area (Å²) in [6.07, 6.45) is -1.26. The summed E-state index contributed by atoms with van der Waals surface area (Å²) >= 11 is 5.80. The summed E-state index contributed by atoms with van der Waals surface area (Å²) in [5, 5.41) is 0.363. The van der Waals surface area contributed by atoms with E-state index in [0.29, 0.717) is 22.3 Å². The van der Waals surface area contributed by atoms with Gasteiger partial charge in [-0.25, -0.2) is 9.98 Å². The van der Waals surface area contributed by atoms with E-state index in [1.165, 1.54) is 24.9 Å². The second kappa shape index (κ2) is 10.5. The number of nitrogens with zero attached hydrogens (tertiary/aromatic N) is 3. The number of imidazole rings is 1. The topological polar surface area (TPSA) is 48.6 Å². The first-order valence-corrected chi connectivity index (χ1v) is 9.91. The molecule has 0 unspecified atom stereocenters. The minimum Gasteiger partial charge on any atom is -0.491 e. The van der Waals surface area contributed by atoms with Crippen LogP contribution in [0.4, 0.5) is 13.2 Å². The minimum absolute atomic E-state index is 0.237. The van der Waals surface area contributed by atoms with Crippen molar-refractivity contribution in [3.05, 3.63) is 65.0 Å². The summed E-state index contributed by atoms with van der Waals surface area (Å²) in [4.78, 5) is 7.76. The number of allylic oxidation sites excluding steroid dienone is 1. The summed E-state index contributed by atoms with van der Waals surface area (Å²) in [5.74, 6) is 1.25. The normalized spacial score (nSPS) is 13.8. The average Bonchev–Trinajstić information content (AvgIpc) is 3.12. The largest absolute Gasteiger partial charge is 0.491 e. The van der Waals surface area contributed by atoms with Crippen LogP contribution in [-0.2, 0) is 29.3 Å². The number of ether oxygens (including phenoxy) is 2. The van der Waals surface area contributed by atoms with Crippen molar-refractivity contribution < 1.29 is 22.6 Å². The molecule has 5 nitrogen and oxygen atoms in total. The van der Waals surface area contributed by atoms with Gasteiger partial charge in [0.15, 0.2) is 17.2 Å². The van der Waals surface area contributed by atoms with E-state index >= 15 is 0 Å². The van der Waals surface area contributed by atoms with Crippen molar-refractivity contribution in [3.63, 3.8) is 0 Å². The highest BCUT2D eigenvalue weighted by atomic mass is 35.5. The van der Waals surface area contributed by atoms with Crippen molar-refractivity contribution >= 4 is 16.8 Å². The second-order valence-corrected chi connectivity index (χ2v) is 7.38. The number of halogens is 4. The van der Waals surface area contributed by atoms with Crippen LogP contribution in [0.15, 0.2) is 58.7 Å². The van der Waals surface area contributed by atoms with Gasteiger partial charge in [0.1, 0.15) is 17.6 Å². The van der Waals surface area contributed by atoms with Crippen LogP contribution >= 0.6 is 11.6 Å². The van der Waals surface area contributed by atoms with E-state index in [-0.39, 0.29) is 12.4 Å². The van der Waals surface area contributed by atoms with Gasteiger partial charge in [-0.3, -0.25) is 0 Å². The molecule has 0 spiro atoms. The fraction of sp³-hybridized carbons (Fsp3) is 0.364. The Morgan fingerprint density at radius 2 is 1.87 bits per heavy atom. The fourth-order valence-electron chi connectivity index (χ4n) is 2.69. The Hall–Kier alpha value is -2.74. The maximum absolute atomic E-state index is 12.9. The number of aryl methyl sites for hydroxylation is 1. The van der Waals surface area contributed by atoms with E-state index in [1.54, 1.807) is 31.2 Å². The lowest BCUT2D eigenvalue weighted by Crippen LogP contribution is -2.04. The molecule has 31 heavy (non-hydrogen) atoms. The van der Waals surface area contributed by atoms with Crippen LogP contribution in [0.3, 0.4) is 0 Å². The first-order chi connectivity index (χ1) is 14.6. The molecule has 0 saturated carbocycles. The van der Waals surface area contributed by atoms with Crippen LogP contribution in [0.5, 0.6) is 0 Å². The molecule has 0 radical (unpaired) electrons. The molecule has 0 aliphatic carbocycles. The zero-order chi connectivity index (χ0) is 23.2. The molecular weight excluding hydrogens is 431 g/mol. The van der Waals surface area contributed by atoms with Gasteiger partial charge in [-0.15, -0.1) is 0 Å². The number of rotatable bonds is 8. The zero-order valence-corrected chi connectivity index (χ0v) is 18.8. The molecule has 9 heteroatoms. The van der Waals surface area contributed by atoms with Crippen molar-refractivity contribution in [1.82, 2.24) is 9.55 Å². The smallest absolute Gasteiger partial charge is 0.434 e. The van der Waals surface area contributed by atoms with Crippen LogP contribution < -0.4 is 0 Å². The lowest BCUT2D eigenvalue weighted by Gasteiger charge is -2.15. The van der Waals surface area contributed by atoms with Crippen LogP contribution in [-0.4, -0.2) is 21.8 Å². The first-order valence-electron chi connectivity index (χ1n) is 9.53. The van der Waals surface area contributed by atoms with E-state index in [9.17, 15) is 13.2 Å². The Morgan fingerprint density at radius 3 is 2.35 bits per heavy atom. The lowest BCUT2D eigenvalue weighted by molar-refractivity contribution is -0.140. The highest BCUT2D eigenvalue weighted by molar-refractivity contribution is 6.64. The number of benzene rings is 1. The Kier molecular flexibility index (Phi) is 8.33. The number of aromatic nitrogens is 2. The van der Waals surface area contributed by atoms with Crippen LogP contribution in [0.25, 0.3) is 11.4 Å². The maximum Gasteiger partial charge on any atom is 0.434 e. The van der Waals surface area contributed by atoms with E-state index in [1.807, 2.05) is 13.8 Å². The summed E-state index contributed by atoms with van der Waals surface area (Å²) in [5.41, 5.74) is 1.46. The number of hydrogen-bond acceptors (Lipinski definition) is 4. The third kappa shape index (κ3) is 6.62. The predicted molar refractivity (Wildman–Crippen MR) is 115 cm³/mol. The highest BCUT2D eigenvalue weighted by Crippen LogP contribution is 2.30. The van der Waals surface area contributed by atoms with Gasteiger partial charge in [0, 0.05) is 18.8 Å². The molecule has 168 valence electrons. The molecule has 1 aromatic carbocycles. The molecule has 0 fully saturated rings. The summed E-state index contributed by atoms with van der Waals surface area (Å²) in [6.45, 7) is 5.83. The molecule has 0 bridgehead atoms. The van der Waals surface area contributed by atoms with Crippen molar-refractivity contribution in [1.29, 1.82) is 0 Å². The van der Waals surface area contributed by atoms with Crippen molar-refractivity contribution in [2.24, 2.45) is 12.0 Å². The monoisotopic (exact) mass is 455 g/mol. The summed E-state index contributed by atoms with van der Waals surface area (Å²) in [6, 6.07) is 7.00. The second-order valence-electron chi connectivity index (χ2n) is 6.83. The Bertz CT molecular complexity index is 986. The van der Waals surface area contributed by atoms with E-state index in [2.05, 4.69) is 9.98 Å². The zero-order valence-electron chi connectivity index (χ0n) is 18.0. The molecule has 1 aromatic heterocycles. The fourth-order valence-corrected chi connectivity index (χ4v) is 2.74. The van der Waals surface area contributed by atoms with Crippen LogP contribution in [0.1, 0.15) is 38.4 Å². The Balaban J connectivity index is 2.21. The van der Waals surface area contributed by atoms with Crippen LogP contribution in [0.2, 0.25) is 0 Å². The summed E-state index contributed by atoms with van der Waals surface area (Å²) in [7, 11) is 3.05. The average molecular weight is 456 g/mol. The first kappa shape index (κ1) is 24.5. The molecule has 0 saturated heterocycles. The third-order valence-electron chi connectivity index (χ3n) is 4.48. The summed E-state index contributed by atoms with van der Waals surface area (Å²) < 4.78 is 51.4. The maximum atomic E-state index is 12.9. The molecule has 0 N–H and O–H groups in total. The lowest BCUT2D eigenvalue weighted by atomic mass is 10.1. The van der Waals surface area contributed by atoms with Crippen molar-refractivity contribution in [2.75, 3.05) is 7.11 Å². The molecule has 0 atom stereocenters. The standard InChI is InChI=1S/C22H25ClF3N3O2/c1-6-14(2)20(18(30-5)11-27-15(3)23)31-13-16-7-9-17(10-8-16)21-28-19(12-29(21)4)22(24,25)26/h7-12H,6,13H2,1-5H3/b18-11+,20-14?,27-15?. The molecule has 1 heterocycles. The van der Waals surface area contributed by atoms with Gasteiger partial charge in [0.2, 0.25) is 0 Å². The third-order valence-corrected chi connectivity index (χ3v) is 4.58. The van der Waals surface area contributed by atoms with E-state index in [4.69, 9.17) is 21.1 Å². The van der Waals surface area contributed by atoms with Gasteiger partial charge in [0.25, 0.3) is 0 Å². The number of hydrogen-bond donors (Lipinski definition) is 0. The number of aliphatic imine (C=N–C) groups is 1. The van der Waals surface area contributed by atoms with Crippen molar-refractivity contribution in [2.45, 2.75) is 40.0 Å². The number of alkyl halides is 3. The molecule has 2 rings (SSSR count). The van der Waals surface area contributed by atoms with Gasteiger partial charge in [0.05, 0.1) is 13.3 Å². The molecule has 0 aliphatic heterocycles. The quantitative estimate of drug-likeness (QED) is 0.261. The van der Waals surface area contributed by atoms with Gasteiger partial charge < -0.3 is 14.0 Å². The predicted octanol–water partition coefficient (Wildman–Crippen LogP) is 6.45. The van der Waals surface area contributed by atoms with E-state index < -0.39 is 11.9 Å². The highest BCUT2D eigenvalue weighted by Gasteiger charge is 2.34. The van der Waals surface area contributed by atoms with Gasteiger partial charge in [-0.2, -0.15) is 13.2 Å². The molecular formula is C22H25ClF3N3O2. The molecule has 2 aromatic rings. The van der Waals surface area contributed by atoms with E-state index in [0.717, 1.165) is 23.8 Å². The van der Waals surface area contributed by atoms with Crippen molar-refractivity contribution in [3.8, 4) is 11.4 Å². The Labute approximate surface area is 184 Å². The number of methoxy groups -OCH3 is 1. The molecule has 0 aliphatic rings. The SMILES string of the molecule is CCC(C)=C(OCc1ccc(-c2nc(C(F)(F)F)cn2C)cc1)/C(=C\N=C(C)Cl)OC. The minimum atomic E-state index is -4.48.